The third-order valence-electron chi connectivity index (χ3n) is 5.50. The number of fused-ring (bicyclic) bond motifs is 1. The van der Waals surface area contributed by atoms with Gasteiger partial charge in [0.1, 0.15) is 11.5 Å². The molecule has 0 aromatic heterocycles. The zero-order chi connectivity index (χ0) is 25.7. The van der Waals surface area contributed by atoms with Gasteiger partial charge in [-0.25, -0.2) is 0 Å². The zero-order valence-corrected chi connectivity index (χ0v) is 20.5. The van der Waals surface area contributed by atoms with Crippen LogP contribution in [0.15, 0.2) is 36.4 Å². The summed E-state index contributed by atoms with van der Waals surface area (Å²) in [6.45, 7) is 0.509. The van der Waals surface area contributed by atoms with E-state index < -0.39 is 29.5 Å². The molecule has 192 valence electrons. The molecule has 2 aliphatic rings. The lowest BCUT2D eigenvalue weighted by Gasteiger charge is -2.35. The molecular weight excluding hydrogens is 490 g/mol. The van der Waals surface area contributed by atoms with Crippen LogP contribution in [-0.4, -0.2) is 62.2 Å². The van der Waals surface area contributed by atoms with Crippen molar-refractivity contribution < 1.29 is 33.3 Å². The maximum atomic E-state index is 12.7. The molecule has 13 heteroatoms. The van der Waals surface area contributed by atoms with Crippen molar-refractivity contribution in [3.8, 4) is 23.0 Å². The van der Waals surface area contributed by atoms with E-state index in [4.69, 9.17) is 24.7 Å². The molecule has 6 N–H and O–H groups in total. The molecule has 36 heavy (non-hydrogen) atoms. The summed E-state index contributed by atoms with van der Waals surface area (Å²) in [5, 5.41) is 11.1. The number of hydrogen-bond donors (Lipinski definition) is 5. The van der Waals surface area contributed by atoms with Gasteiger partial charge in [-0.15, -0.1) is 11.8 Å². The summed E-state index contributed by atoms with van der Waals surface area (Å²) >= 11 is 1.17. The molecule has 2 aliphatic heterocycles. The standard InChI is InChI=1S/C23H27N5O7S/c1-32-14-6-4-13(8-16(14)33-2)21(30)26-19-20(24)27-23(28-22(19)31)36-10-18(29)25-9-12-3-5-15-17(7-12)35-11-34-15/h3-8,19-20,23,27H,9-11,24H2,1-2H3,(H,25,29)(H,26,30)(H,28,31). The van der Waals surface area contributed by atoms with Gasteiger partial charge in [-0.3, -0.25) is 19.7 Å². The number of nitrogens with two attached hydrogens (primary N) is 1. The number of methoxy groups -OCH3 is 2. The second kappa shape index (κ2) is 11.4. The highest BCUT2D eigenvalue weighted by Gasteiger charge is 2.35. The minimum Gasteiger partial charge on any atom is -0.493 e. The number of amides is 3. The number of benzene rings is 2. The molecule has 12 nitrogen and oxygen atoms in total. The number of nitrogens with one attached hydrogen (secondary N) is 4. The summed E-state index contributed by atoms with van der Waals surface area (Å²) in [5.74, 6) is 1.08. The van der Waals surface area contributed by atoms with Gasteiger partial charge < -0.3 is 40.6 Å². The lowest BCUT2D eigenvalue weighted by atomic mass is 10.1. The van der Waals surface area contributed by atoms with Gasteiger partial charge in [-0.2, -0.15) is 0 Å². The Kier molecular flexibility index (Phi) is 8.03. The van der Waals surface area contributed by atoms with Gasteiger partial charge in [0.05, 0.1) is 26.1 Å². The van der Waals surface area contributed by atoms with Gasteiger partial charge >= 0.3 is 0 Å². The van der Waals surface area contributed by atoms with E-state index in [9.17, 15) is 14.4 Å². The molecule has 0 bridgehead atoms. The van der Waals surface area contributed by atoms with E-state index in [0.29, 0.717) is 29.5 Å². The van der Waals surface area contributed by atoms with Crippen LogP contribution in [0.25, 0.3) is 0 Å². The number of rotatable bonds is 9. The Morgan fingerprint density at radius 3 is 2.64 bits per heavy atom. The SMILES string of the molecule is COc1ccc(C(=O)NC2C(=O)NC(SCC(=O)NCc3ccc4c(c3)OCO4)NC2N)cc1OC. The Morgan fingerprint density at radius 2 is 1.89 bits per heavy atom. The topological polar surface area (TPSA) is 162 Å². The van der Waals surface area contributed by atoms with Gasteiger partial charge in [0.2, 0.25) is 18.6 Å². The molecule has 1 saturated heterocycles. The van der Waals surface area contributed by atoms with E-state index in [-0.39, 0.29) is 24.0 Å². The van der Waals surface area contributed by atoms with E-state index in [1.54, 1.807) is 18.2 Å². The van der Waals surface area contributed by atoms with Crippen LogP contribution in [0, 0.1) is 0 Å². The molecule has 0 spiro atoms. The average molecular weight is 518 g/mol. The van der Waals surface area contributed by atoms with Crippen LogP contribution < -0.4 is 45.9 Å². The van der Waals surface area contributed by atoms with Crippen LogP contribution in [-0.2, 0) is 16.1 Å². The minimum absolute atomic E-state index is 0.0812. The van der Waals surface area contributed by atoms with Gasteiger partial charge in [0.25, 0.3) is 5.91 Å². The maximum absolute atomic E-state index is 12.7. The van der Waals surface area contributed by atoms with E-state index >= 15 is 0 Å². The van der Waals surface area contributed by atoms with E-state index in [1.165, 1.54) is 32.0 Å². The smallest absolute Gasteiger partial charge is 0.252 e. The molecule has 2 aromatic carbocycles. The molecule has 1 fully saturated rings. The number of carbonyl (C=O) groups excluding carboxylic acids is 3. The van der Waals surface area contributed by atoms with Gasteiger partial charge in [-0.1, -0.05) is 6.07 Å². The maximum Gasteiger partial charge on any atom is 0.252 e. The summed E-state index contributed by atoms with van der Waals surface area (Å²) in [6, 6.07) is 9.10. The highest BCUT2D eigenvalue weighted by Crippen LogP contribution is 2.32. The van der Waals surface area contributed by atoms with Crippen molar-refractivity contribution in [1.82, 2.24) is 21.3 Å². The molecule has 2 aromatic rings. The van der Waals surface area contributed by atoms with Gasteiger partial charge in [0, 0.05) is 12.1 Å². The highest BCUT2D eigenvalue weighted by atomic mass is 32.2. The summed E-state index contributed by atoms with van der Waals surface area (Å²) in [4.78, 5) is 37.6. The van der Waals surface area contributed by atoms with Crippen molar-refractivity contribution in [2.24, 2.45) is 5.73 Å². The number of hydrogen-bond acceptors (Lipinski definition) is 10. The Hall–Kier alpha value is -3.68. The lowest BCUT2D eigenvalue weighted by molar-refractivity contribution is -0.126. The van der Waals surface area contributed by atoms with Crippen LogP contribution in [0.1, 0.15) is 15.9 Å². The summed E-state index contributed by atoms with van der Waals surface area (Å²) in [7, 11) is 2.95. The molecule has 3 unspecified atom stereocenters. The molecule has 3 amide bonds. The fraction of sp³-hybridized carbons (Fsp3) is 0.348. The fourth-order valence-corrected chi connectivity index (χ4v) is 4.48. The van der Waals surface area contributed by atoms with Gasteiger partial charge in [0.15, 0.2) is 23.0 Å². The van der Waals surface area contributed by atoms with Crippen molar-refractivity contribution in [1.29, 1.82) is 0 Å². The fourth-order valence-electron chi connectivity index (χ4n) is 3.60. The van der Waals surface area contributed by atoms with Crippen LogP contribution in [0.4, 0.5) is 0 Å². The van der Waals surface area contributed by atoms with Crippen molar-refractivity contribution in [3.05, 3.63) is 47.5 Å². The first-order chi connectivity index (χ1) is 17.4. The van der Waals surface area contributed by atoms with Gasteiger partial charge in [-0.05, 0) is 35.9 Å². The number of carbonyl (C=O) groups is 3. The van der Waals surface area contributed by atoms with Crippen LogP contribution >= 0.6 is 11.8 Å². The van der Waals surface area contributed by atoms with E-state index in [2.05, 4.69) is 21.3 Å². The van der Waals surface area contributed by atoms with Crippen molar-refractivity contribution in [2.45, 2.75) is 24.3 Å². The third kappa shape index (κ3) is 5.93. The largest absolute Gasteiger partial charge is 0.493 e. The number of thioether (sulfide) groups is 1. The Labute approximate surface area is 211 Å². The quantitative estimate of drug-likeness (QED) is 0.303. The third-order valence-corrected chi connectivity index (χ3v) is 6.51. The van der Waals surface area contributed by atoms with Crippen molar-refractivity contribution >= 4 is 29.5 Å². The molecule has 0 radical (unpaired) electrons. The second-order valence-electron chi connectivity index (χ2n) is 7.88. The molecule has 4 rings (SSSR count). The monoisotopic (exact) mass is 517 g/mol. The number of ether oxygens (including phenoxy) is 4. The highest BCUT2D eigenvalue weighted by molar-refractivity contribution is 8.00. The average Bonchev–Trinajstić information content (AvgIpc) is 3.35. The van der Waals surface area contributed by atoms with Crippen LogP contribution in [0.5, 0.6) is 23.0 Å². The van der Waals surface area contributed by atoms with Crippen LogP contribution in [0.2, 0.25) is 0 Å². The molecule has 3 atom stereocenters. The Balaban J connectivity index is 1.24. The summed E-state index contributed by atoms with van der Waals surface area (Å²) in [5.41, 5.74) is 6.66. The first-order valence-electron chi connectivity index (χ1n) is 11.0. The summed E-state index contributed by atoms with van der Waals surface area (Å²) < 4.78 is 21.0. The Bertz CT molecular complexity index is 1150. The minimum atomic E-state index is -1.01. The predicted octanol–water partition coefficient (Wildman–Crippen LogP) is -0.132. The van der Waals surface area contributed by atoms with Crippen LogP contribution in [0.3, 0.4) is 0 Å². The van der Waals surface area contributed by atoms with Crippen molar-refractivity contribution in [3.63, 3.8) is 0 Å². The normalized spacial score (nSPS) is 20.3. The zero-order valence-electron chi connectivity index (χ0n) is 19.7. The van der Waals surface area contributed by atoms with E-state index in [0.717, 1.165) is 5.56 Å². The molecule has 0 aliphatic carbocycles. The molecular formula is C23H27N5O7S. The second-order valence-corrected chi connectivity index (χ2v) is 8.97. The molecule has 2 heterocycles. The molecule has 0 saturated carbocycles. The first-order valence-corrected chi connectivity index (χ1v) is 12.0. The first kappa shape index (κ1) is 25.4. The van der Waals surface area contributed by atoms with E-state index in [1.807, 2.05) is 12.1 Å². The lowest BCUT2D eigenvalue weighted by Crippen LogP contribution is -2.70. The summed E-state index contributed by atoms with van der Waals surface area (Å²) in [6.07, 6.45) is -0.864. The van der Waals surface area contributed by atoms with Crippen molar-refractivity contribution in [2.75, 3.05) is 26.8 Å². The Morgan fingerprint density at radius 1 is 1.11 bits per heavy atom. The predicted molar refractivity (Wildman–Crippen MR) is 131 cm³/mol.